The standard InChI is InChI=1S/C14H10ClFN4O2S/c15-9-5-11(16)14(19-7-9)20-23(21,22)10-6-13(18-8-10)12-3-1-2-4-17-12/h1-8,18H,(H,19,20). The van der Waals surface area contributed by atoms with E-state index in [1.165, 1.54) is 12.3 Å². The summed E-state index contributed by atoms with van der Waals surface area (Å²) in [7, 11) is -3.99. The summed E-state index contributed by atoms with van der Waals surface area (Å²) in [4.78, 5) is 10.5. The molecule has 3 heterocycles. The minimum Gasteiger partial charge on any atom is -0.359 e. The number of rotatable bonds is 4. The second-order valence-electron chi connectivity index (χ2n) is 4.55. The van der Waals surface area contributed by atoms with Crippen LogP contribution in [0.5, 0.6) is 0 Å². The van der Waals surface area contributed by atoms with E-state index in [0.717, 1.165) is 12.3 Å². The summed E-state index contributed by atoms with van der Waals surface area (Å²) in [5.41, 5.74) is 1.11. The Morgan fingerprint density at radius 2 is 2.04 bits per heavy atom. The zero-order valence-electron chi connectivity index (χ0n) is 11.5. The Morgan fingerprint density at radius 3 is 2.74 bits per heavy atom. The molecule has 0 radical (unpaired) electrons. The smallest absolute Gasteiger partial charge is 0.264 e. The first-order chi connectivity index (χ1) is 11.0. The Bertz CT molecular complexity index is 944. The number of pyridine rings is 2. The molecule has 2 N–H and O–H groups in total. The average Bonchev–Trinajstić information content (AvgIpc) is 3.02. The van der Waals surface area contributed by atoms with Gasteiger partial charge in [-0.2, -0.15) is 0 Å². The lowest BCUT2D eigenvalue weighted by molar-refractivity contribution is 0.597. The lowest BCUT2D eigenvalue weighted by atomic mass is 10.3. The number of aromatic nitrogens is 3. The van der Waals surface area contributed by atoms with Gasteiger partial charge in [-0.25, -0.2) is 17.8 Å². The van der Waals surface area contributed by atoms with Crippen LogP contribution < -0.4 is 4.72 Å². The highest BCUT2D eigenvalue weighted by Gasteiger charge is 2.19. The summed E-state index contributed by atoms with van der Waals surface area (Å²) in [6.07, 6.45) is 4.04. The molecular formula is C14H10ClFN4O2S. The lowest BCUT2D eigenvalue weighted by Crippen LogP contribution is -2.14. The van der Waals surface area contributed by atoms with Gasteiger partial charge in [0.2, 0.25) is 0 Å². The zero-order valence-corrected chi connectivity index (χ0v) is 13.1. The maximum atomic E-state index is 13.7. The van der Waals surface area contributed by atoms with E-state index in [1.54, 1.807) is 24.4 Å². The van der Waals surface area contributed by atoms with Gasteiger partial charge in [-0.3, -0.25) is 9.71 Å². The maximum absolute atomic E-state index is 13.7. The molecule has 9 heteroatoms. The number of H-pyrrole nitrogens is 1. The van der Waals surface area contributed by atoms with Crippen LogP contribution in [0.15, 0.2) is 53.8 Å². The van der Waals surface area contributed by atoms with Crippen LogP contribution in [0.4, 0.5) is 10.2 Å². The number of sulfonamides is 1. The minimum atomic E-state index is -3.99. The van der Waals surface area contributed by atoms with Crippen molar-refractivity contribution in [3.8, 4) is 11.4 Å². The predicted molar refractivity (Wildman–Crippen MR) is 84.0 cm³/mol. The normalized spacial score (nSPS) is 11.4. The van der Waals surface area contributed by atoms with Crippen molar-refractivity contribution in [2.24, 2.45) is 0 Å². The van der Waals surface area contributed by atoms with E-state index in [1.807, 2.05) is 0 Å². The van der Waals surface area contributed by atoms with Crippen molar-refractivity contribution in [1.82, 2.24) is 15.0 Å². The molecule has 0 aliphatic rings. The highest BCUT2D eigenvalue weighted by Crippen LogP contribution is 2.23. The highest BCUT2D eigenvalue weighted by molar-refractivity contribution is 7.92. The second-order valence-corrected chi connectivity index (χ2v) is 6.67. The molecule has 3 rings (SSSR count). The van der Waals surface area contributed by atoms with Crippen molar-refractivity contribution >= 4 is 27.4 Å². The molecule has 118 valence electrons. The number of nitrogens with one attached hydrogen (secondary N) is 2. The van der Waals surface area contributed by atoms with Crippen LogP contribution in [-0.2, 0) is 10.0 Å². The summed E-state index contributed by atoms with van der Waals surface area (Å²) in [6, 6.07) is 7.64. The van der Waals surface area contributed by atoms with E-state index < -0.39 is 21.7 Å². The van der Waals surface area contributed by atoms with Crippen molar-refractivity contribution in [2.75, 3.05) is 4.72 Å². The van der Waals surface area contributed by atoms with Gasteiger partial charge in [-0.1, -0.05) is 17.7 Å². The maximum Gasteiger partial charge on any atom is 0.264 e. The SMILES string of the molecule is O=S(=O)(Nc1ncc(Cl)cc1F)c1c[nH]c(-c2ccccn2)c1. The average molecular weight is 353 g/mol. The second kappa shape index (κ2) is 5.98. The zero-order chi connectivity index (χ0) is 16.4. The van der Waals surface area contributed by atoms with E-state index in [0.29, 0.717) is 11.4 Å². The van der Waals surface area contributed by atoms with E-state index in [2.05, 4.69) is 19.7 Å². The molecule has 0 atom stereocenters. The van der Waals surface area contributed by atoms with Crippen molar-refractivity contribution in [2.45, 2.75) is 4.90 Å². The molecule has 3 aromatic rings. The van der Waals surface area contributed by atoms with Gasteiger partial charge in [-0.05, 0) is 24.3 Å². The molecule has 0 amide bonds. The predicted octanol–water partition coefficient (Wildman–Crippen LogP) is 3.07. The third kappa shape index (κ3) is 3.33. The molecule has 0 unspecified atom stereocenters. The summed E-state index contributed by atoms with van der Waals surface area (Å²) in [5, 5.41) is 0.0736. The molecule has 0 aliphatic carbocycles. The minimum absolute atomic E-state index is 0.0608. The molecular weight excluding hydrogens is 343 g/mol. The highest BCUT2D eigenvalue weighted by atomic mass is 35.5. The molecule has 0 bridgehead atoms. The topological polar surface area (TPSA) is 87.7 Å². The Morgan fingerprint density at radius 1 is 1.22 bits per heavy atom. The molecule has 0 spiro atoms. The summed E-state index contributed by atoms with van der Waals surface area (Å²) in [6.45, 7) is 0. The largest absolute Gasteiger partial charge is 0.359 e. The lowest BCUT2D eigenvalue weighted by Gasteiger charge is -2.06. The number of aromatic amines is 1. The van der Waals surface area contributed by atoms with E-state index in [4.69, 9.17) is 11.6 Å². The summed E-state index contributed by atoms with van der Waals surface area (Å²) < 4.78 is 40.3. The van der Waals surface area contributed by atoms with Crippen LogP contribution in [0.2, 0.25) is 5.02 Å². The third-order valence-corrected chi connectivity index (χ3v) is 4.47. The summed E-state index contributed by atoms with van der Waals surface area (Å²) in [5.74, 6) is -1.28. The van der Waals surface area contributed by atoms with Crippen molar-refractivity contribution in [3.05, 3.63) is 59.8 Å². The third-order valence-electron chi connectivity index (χ3n) is 2.95. The van der Waals surface area contributed by atoms with Crippen LogP contribution in [0.3, 0.4) is 0 Å². The van der Waals surface area contributed by atoms with E-state index in [-0.39, 0.29) is 9.92 Å². The van der Waals surface area contributed by atoms with Gasteiger partial charge in [0, 0.05) is 18.6 Å². The molecule has 0 saturated carbocycles. The Kier molecular flexibility index (Phi) is 4.01. The van der Waals surface area contributed by atoms with Gasteiger partial charge < -0.3 is 4.98 Å². The molecule has 23 heavy (non-hydrogen) atoms. The van der Waals surface area contributed by atoms with Crippen LogP contribution in [0.1, 0.15) is 0 Å². The van der Waals surface area contributed by atoms with Crippen LogP contribution in [0.25, 0.3) is 11.4 Å². The monoisotopic (exact) mass is 352 g/mol. The molecule has 0 fully saturated rings. The first-order valence-corrected chi connectivity index (χ1v) is 8.25. The van der Waals surface area contributed by atoms with Gasteiger partial charge in [0.05, 0.1) is 16.4 Å². The summed E-state index contributed by atoms with van der Waals surface area (Å²) >= 11 is 5.58. The Hall–Kier alpha value is -2.45. The Balaban J connectivity index is 1.90. The van der Waals surface area contributed by atoms with Gasteiger partial charge in [0.1, 0.15) is 4.90 Å². The van der Waals surface area contributed by atoms with Gasteiger partial charge >= 0.3 is 0 Å². The van der Waals surface area contributed by atoms with Crippen LogP contribution in [0, 0.1) is 5.82 Å². The van der Waals surface area contributed by atoms with Crippen molar-refractivity contribution < 1.29 is 12.8 Å². The number of hydrogen-bond acceptors (Lipinski definition) is 4. The van der Waals surface area contributed by atoms with Gasteiger partial charge in [-0.15, -0.1) is 0 Å². The molecule has 3 aromatic heterocycles. The fraction of sp³-hybridized carbons (Fsp3) is 0. The van der Waals surface area contributed by atoms with Gasteiger partial charge in [0.25, 0.3) is 10.0 Å². The molecule has 0 saturated heterocycles. The first kappa shape index (κ1) is 15.4. The molecule has 6 nitrogen and oxygen atoms in total. The number of hydrogen-bond donors (Lipinski definition) is 2. The van der Waals surface area contributed by atoms with Crippen LogP contribution in [-0.4, -0.2) is 23.4 Å². The van der Waals surface area contributed by atoms with Crippen molar-refractivity contribution in [3.63, 3.8) is 0 Å². The van der Waals surface area contributed by atoms with Gasteiger partial charge in [0.15, 0.2) is 11.6 Å². The quantitative estimate of drug-likeness (QED) is 0.755. The van der Waals surface area contributed by atoms with Crippen LogP contribution >= 0.6 is 11.6 Å². The molecule has 0 aliphatic heterocycles. The van der Waals surface area contributed by atoms with Crippen molar-refractivity contribution in [1.29, 1.82) is 0 Å². The Labute approximate surface area is 136 Å². The van der Waals surface area contributed by atoms with E-state index >= 15 is 0 Å². The number of halogens is 2. The first-order valence-electron chi connectivity index (χ1n) is 6.39. The number of anilines is 1. The fourth-order valence-corrected chi connectivity index (χ4v) is 3.03. The fourth-order valence-electron chi connectivity index (χ4n) is 1.88. The van der Waals surface area contributed by atoms with E-state index in [9.17, 15) is 12.8 Å². The number of nitrogens with zero attached hydrogens (tertiary/aromatic N) is 2. The molecule has 0 aromatic carbocycles.